The minimum atomic E-state index is -0.587. The Morgan fingerprint density at radius 1 is 1.15 bits per heavy atom. The molecule has 0 saturated heterocycles. The van der Waals surface area contributed by atoms with Crippen molar-refractivity contribution < 1.29 is 24.2 Å². The Hall–Kier alpha value is -2.08. The number of methoxy groups -OCH3 is 1. The van der Waals surface area contributed by atoms with Crippen LogP contribution in [0.15, 0.2) is 24.3 Å². The van der Waals surface area contributed by atoms with E-state index in [0.717, 1.165) is 25.7 Å². The molecule has 1 aromatic carbocycles. The molecule has 146 valence electrons. The first-order chi connectivity index (χ1) is 12.9. The molecule has 4 fully saturated rings. The van der Waals surface area contributed by atoms with Crippen LogP contribution in [-0.4, -0.2) is 36.3 Å². The lowest BCUT2D eigenvalue weighted by Crippen LogP contribution is -2.56. The summed E-state index contributed by atoms with van der Waals surface area (Å²) in [5, 5.41) is 13.5. The summed E-state index contributed by atoms with van der Waals surface area (Å²) in [6.45, 7) is -0.294. The Kier molecular flexibility index (Phi) is 4.62. The fourth-order valence-electron chi connectivity index (χ4n) is 5.98. The standard InChI is InChI=1S/C21H27NO5/c1-26-17-4-2-16(3-5-17)22-18(23)12-27-19(24)11-20-7-14-6-15(8-20)10-21(25,9-14)13-20/h2-5,14-15,25H,6-13H2,1H3,(H,22,23)/t14-,15+,20?,21?. The van der Waals surface area contributed by atoms with Gasteiger partial charge in [0.15, 0.2) is 6.61 Å². The number of carbonyl (C=O) groups is 2. The Morgan fingerprint density at radius 2 is 1.81 bits per heavy atom. The number of carbonyl (C=O) groups excluding carboxylic acids is 2. The van der Waals surface area contributed by atoms with Crippen LogP contribution in [0, 0.1) is 17.3 Å². The molecular formula is C21H27NO5. The van der Waals surface area contributed by atoms with Crippen LogP contribution in [0.2, 0.25) is 0 Å². The highest BCUT2D eigenvalue weighted by atomic mass is 16.5. The van der Waals surface area contributed by atoms with Crippen LogP contribution in [0.25, 0.3) is 0 Å². The zero-order valence-corrected chi connectivity index (χ0v) is 15.7. The molecular weight excluding hydrogens is 346 g/mol. The SMILES string of the molecule is COc1ccc(NC(=O)COC(=O)CC23C[C@@H]4C[C@@H](CC(O)(C4)C2)C3)cc1. The van der Waals surface area contributed by atoms with Gasteiger partial charge in [-0.05, 0) is 80.0 Å². The lowest BCUT2D eigenvalue weighted by molar-refractivity contribution is -0.177. The van der Waals surface area contributed by atoms with E-state index in [-0.39, 0.29) is 23.9 Å². The molecule has 2 N–H and O–H groups in total. The molecule has 4 saturated carbocycles. The molecule has 1 amide bonds. The van der Waals surface area contributed by atoms with Gasteiger partial charge >= 0.3 is 5.97 Å². The number of anilines is 1. The van der Waals surface area contributed by atoms with E-state index >= 15 is 0 Å². The van der Waals surface area contributed by atoms with E-state index in [1.54, 1.807) is 31.4 Å². The number of aliphatic hydroxyl groups is 1. The van der Waals surface area contributed by atoms with Crippen molar-refractivity contribution >= 4 is 17.6 Å². The van der Waals surface area contributed by atoms with Gasteiger partial charge in [0.2, 0.25) is 0 Å². The summed E-state index contributed by atoms with van der Waals surface area (Å²) >= 11 is 0. The van der Waals surface area contributed by atoms with E-state index in [1.807, 2.05) is 0 Å². The fourth-order valence-corrected chi connectivity index (χ4v) is 5.98. The zero-order chi connectivity index (χ0) is 19.1. The van der Waals surface area contributed by atoms with Crippen molar-refractivity contribution in [2.24, 2.45) is 17.3 Å². The molecule has 0 aliphatic heterocycles. The number of esters is 1. The van der Waals surface area contributed by atoms with Crippen LogP contribution < -0.4 is 10.1 Å². The molecule has 0 radical (unpaired) electrons. The Labute approximate surface area is 159 Å². The normalized spacial score (nSPS) is 33.6. The topological polar surface area (TPSA) is 84.9 Å². The van der Waals surface area contributed by atoms with Crippen molar-refractivity contribution in [2.45, 2.75) is 50.5 Å². The first-order valence-corrected chi connectivity index (χ1v) is 9.69. The van der Waals surface area contributed by atoms with Gasteiger partial charge in [-0.15, -0.1) is 0 Å². The Balaban J connectivity index is 1.28. The minimum Gasteiger partial charge on any atom is -0.497 e. The highest BCUT2D eigenvalue weighted by molar-refractivity contribution is 5.92. The van der Waals surface area contributed by atoms with Crippen molar-refractivity contribution in [3.05, 3.63) is 24.3 Å². The predicted octanol–water partition coefficient (Wildman–Crippen LogP) is 2.90. The monoisotopic (exact) mass is 373 g/mol. The first kappa shape index (κ1) is 18.3. The fraction of sp³-hybridized carbons (Fsp3) is 0.619. The molecule has 0 aromatic heterocycles. The maximum absolute atomic E-state index is 12.4. The van der Waals surface area contributed by atoms with Crippen LogP contribution in [-0.2, 0) is 14.3 Å². The molecule has 4 bridgehead atoms. The highest BCUT2D eigenvalue weighted by Gasteiger charge is 2.57. The van der Waals surface area contributed by atoms with Gasteiger partial charge in [0.05, 0.1) is 19.1 Å². The largest absolute Gasteiger partial charge is 0.497 e. The first-order valence-electron chi connectivity index (χ1n) is 9.69. The average Bonchev–Trinajstić information content (AvgIpc) is 2.58. The summed E-state index contributed by atoms with van der Waals surface area (Å²) in [6.07, 6.45) is 5.94. The van der Waals surface area contributed by atoms with Gasteiger partial charge in [-0.25, -0.2) is 0 Å². The third kappa shape index (κ3) is 3.95. The van der Waals surface area contributed by atoms with E-state index in [0.29, 0.717) is 36.1 Å². The number of hydrogen-bond donors (Lipinski definition) is 2. The van der Waals surface area contributed by atoms with Crippen LogP contribution >= 0.6 is 0 Å². The Bertz CT molecular complexity index is 715. The van der Waals surface area contributed by atoms with Gasteiger partial charge in [0.25, 0.3) is 5.91 Å². The highest BCUT2D eigenvalue weighted by Crippen LogP contribution is 2.62. The van der Waals surface area contributed by atoms with E-state index in [4.69, 9.17) is 9.47 Å². The number of benzene rings is 1. The third-order valence-corrected chi connectivity index (χ3v) is 6.41. The van der Waals surface area contributed by atoms with Crippen LogP contribution in [0.5, 0.6) is 5.75 Å². The van der Waals surface area contributed by atoms with Crippen molar-refractivity contribution in [3.63, 3.8) is 0 Å². The predicted molar refractivity (Wildman–Crippen MR) is 99.3 cm³/mol. The maximum atomic E-state index is 12.4. The van der Waals surface area contributed by atoms with Gasteiger partial charge in [0, 0.05) is 5.69 Å². The molecule has 6 nitrogen and oxygen atoms in total. The summed E-state index contributed by atoms with van der Waals surface area (Å²) in [5.41, 5.74) is -0.0986. The second kappa shape index (κ2) is 6.82. The number of rotatable bonds is 6. The average molecular weight is 373 g/mol. The van der Waals surface area contributed by atoms with E-state index in [2.05, 4.69) is 5.32 Å². The smallest absolute Gasteiger partial charge is 0.306 e. The summed E-state index contributed by atoms with van der Waals surface area (Å²) in [7, 11) is 1.58. The molecule has 0 spiro atoms. The van der Waals surface area contributed by atoms with Gasteiger partial charge in [-0.3, -0.25) is 9.59 Å². The quantitative estimate of drug-likeness (QED) is 0.749. The lowest BCUT2D eigenvalue weighted by Gasteiger charge is -2.60. The van der Waals surface area contributed by atoms with Gasteiger partial charge in [-0.1, -0.05) is 0 Å². The number of hydrogen-bond acceptors (Lipinski definition) is 5. The van der Waals surface area contributed by atoms with Gasteiger partial charge in [-0.2, -0.15) is 0 Å². The van der Waals surface area contributed by atoms with E-state index < -0.39 is 5.60 Å². The molecule has 4 atom stereocenters. The summed E-state index contributed by atoms with van der Waals surface area (Å²) < 4.78 is 10.3. The molecule has 5 rings (SSSR count). The third-order valence-electron chi connectivity index (χ3n) is 6.41. The molecule has 1 aromatic rings. The molecule has 2 unspecified atom stereocenters. The van der Waals surface area contributed by atoms with Gasteiger partial charge < -0.3 is 19.9 Å². The van der Waals surface area contributed by atoms with E-state index in [1.165, 1.54) is 6.42 Å². The molecule has 0 heterocycles. The number of ether oxygens (including phenoxy) is 2. The molecule has 27 heavy (non-hydrogen) atoms. The lowest BCUT2D eigenvalue weighted by atomic mass is 9.47. The van der Waals surface area contributed by atoms with Crippen molar-refractivity contribution in [2.75, 3.05) is 19.0 Å². The van der Waals surface area contributed by atoms with Crippen LogP contribution in [0.1, 0.15) is 44.9 Å². The number of nitrogens with one attached hydrogen (secondary N) is 1. The van der Waals surface area contributed by atoms with Crippen LogP contribution in [0.3, 0.4) is 0 Å². The minimum absolute atomic E-state index is 0.137. The van der Waals surface area contributed by atoms with Crippen molar-refractivity contribution in [1.82, 2.24) is 0 Å². The molecule has 4 aliphatic carbocycles. The molecule has 4 aliphatic rings. The van der Waals surface area contributed by atoms with Crippen molar-refractivity contribution in [1.29, 1.82) is 0 Å². The summed E-state index contributed by atoms with van der Waals surface area (Å²) in [4.78, 5) is 24.4. The second-order valence-corrected chi connectivity index (χ2v) is 8.80. The Morgan fingerprint density at radius 3 is 2.41 bits per heavy atom. The second-order valence-electron chi connectivity index (χ2n) is 8.80. The van der Waals surface area contributed by atoms with Crippen molar-refractivity contribution in [3.8, 4) is 5.75 Å². The maximum Gasteiger partial charge on any atom is 0.306 e. The number of amides is 1. The molecule has 6 heteroatoms. The van der Waals surface area contributed by atoms with Crippen LogP contribution in [0.4, 0.5) is 5.69 Å². The summed E-state index contributed by atoms with van der Waals surface area (Å²) in [6, 6.07) is 6.96. The zero-order valence-electron chi connectivity index (χ0n) is 15.7. The van der Waals surface area contributed by atoms with E-state index in [9.17, 15) is 14.7 Å². The summed E-state index contributed by atoms with van der Waals surface area (Å²) in [5.74, 6) is 1.06. The van der Waals surface area contributed by atoms with Gasteiger partial charge in [0.1, 0.15) is 5.75 Å².